The Balaban J connectivity index is 1.99. The minimum Gasteiger partial charge on any atom is -0.300 e. The first-order valence-corrected chi connectivity index (χ1v) is 6.34. The molecule has 1 heteroatoms. The molecule has 0 spiro atoms. The molecule has 86 valence electrons. The van der Waals surface area contributed by atoms with Crippen LogP contribution in [-0.4, -0.2) is 5.78 Å². The first kappa shape index (κ1) is 10.5. The maximum Gasteiger partial charge on any atom is 0.133 e. The van der Waals surface area contributed by atoms with E-state index in [1.165, 1.54) is 16.7 Å². The molecular formula is C16H16O. The molecule has 0 heterocycles. The van der Waals surface area contributed by atoms with Gasteiger partial charge in [0.05, 0.1) is 0 Å². The Morgan fingerprint density at radius 3 is 2.76 bits per heavy atom. The van der Waals surface area contributed by atoms with Gasteiger partial charge in [-0.3, -0.25) is 4.79 Å². The van der Waals surface area contributed by atoms with E-state index in [1.807, 2.05) is 0 Å². The summed E-state index contributed by atoms with van der Waals surface area (Å²) < 4.78 is 0. The van der Waals surface area contributed by atoms with Crippen molar-refractivity contribution in [1.29, 1.82) is 0 Å². The van der Waals surface area contributed by atoms with Crippen molar-refractivity contribution in [1.82, 2.24) is 0 Å². The Morgan fingerprint density at radius 1 is 1.00 bits per heavy atom. The monoisotopic (exact) mass is 224 g/mol. The van der Waals surface area contributed by atoms with Gasteiger partial charge in [-0.25, -0.2) is 0 Å². The second-order valence-electron chi connectivity index (χ2n) is 4.90. The summed E-state index contributed by atoms with van der Waals surface area (Å²) in [5, 5.41) is 0. The molecule has 1 unspecified atom stereocenters. The van der Waals surface area contributed by atoms with E-state index in [-0.39, 0.29) is 0 Å². The van der Waals surface area contributed by atoms with E-state index in [0.717, 1.165) is 25.7 Å². The van der Waals surface area contributed by atoms with Crippen LogP contribution in [-0.2, 0) is 4.79 Å². The third kappa shape index (κ3) is 1.97. The Kier molecular flexibility index (Phi) is 2.68. The van der Waals surface area contributed by atoms with Crippen LogP contribution in [0.2, 0.25) is 0 Å². The molecule has 3 aliphatic carbocycles. The molecule has 1 saturated carbocycles. The number of hydrogen-bond donors (Lipinski definition) is 0. The number of hydrogen-bond acceptors (Lipinski definition) is 1. The van der Waals surface area contributed by atoms with E-state index in [9.17, 15) is 4.79 Å². The van der Waals surface area contributed by atoms with Gasteiger partial charge in [0.1, 0.15) is 5.78 Å². The molecule has 0 bridgehead atoms. The van der Waals surface area contributed by atoms with E-state index in [2.05, 4.69) is 42.5 Å². The zero-order valence-electron chi connectivity index (χ0n) is 9.86. The lowest BCUT2D eigenvalue weighted by molar-refractivity contribution is -0.120. The fourth-order valence-electron chi connectivity index (χ4n) is 2.88. The summed E-state index contributed by atoms with van der Waals surface area (Å²) in [6.45, 7) is 0. The SMILES string of the molecule is O=C1CCCC(c2ccc3cccccc2-3)C1. The normalized spacial score (nSPS) is 20.7. The molecular weight excluding hydrogens is 208 g/mol. The van der Waals surface area contributed by atoms with Gasteiger partial charge in [0.25, 0.3) is 0 Å². The van der Waals surface area contributed by atoms with Crippen molar-refractivity contribution < 1.29 is 4.79 Å². The summed E-state index contributed by atoms with van der Waals surface area (Å²) in [5.74, 6) is 0.868. The van der Waals surface area contributed by atoms with E-state index in [4.69, 9.17) is 0 Å². The zero-order valence-corrected chi connectivity index (χ0v) is 9.86. The molecule has 0 amide bonds. The van der Waals surface area contributed by atoms with Crippen molar-refractivity contribution in [3.8, 4) is 11.1 Å². The summed E-state index contributed by atoms with van der Waals surface area (Å²) in [6, 6.07) is 14.9. The quantitative estimate of drug-likeness (QED) is 0.715. The average molecular weight is 224 g/mol. The summed E-state index contributed by atoms with van der Waals surface area (Å²) in [7, 11) is 0. The number of carbonyl (C=O) groups excluding carboxylic acids is 1. The van der Waals surface area contributed by atoms with Crippen LogP contribution in [0.3, 0.4) is 0 Å². The number of ketones is 1. The van der Waals surface area contributed by atoms with Gasteiger partial charge in [-0.2, -0.15) is 0 Å². The molecule has 0 aliphatic heterocycles. The molecule has 0 aromatic rings. The van der Waals surface area contributed by atoms with Gasteiger partial charge in [-0.05, 0) is 35.4 Å². The summed E-state index contributed by atoms with van der Waals surface area (Å²) in [4.78, 5) is 11.6. The first-order chi connectivity index (χ1) is 8.34. The fourth-order valence-corrected chi connectivity index (χ4v) is 2.88. The molecule has 0 aromatic carbocycles. The third-order valence-electron chi connectivity index (χ3n) is 3.75. The lowest BCUT2D eigenvalue weighted by atomic mass is 9.82. The van der Waals surface area contributed by atoms with Crippen LogP contribution in [0.15, 0.2) is 42.5 Å². The van der Waals surface area contributed by atoms with Gasteiger partial charge in [0.15, 0.2) is 0 Å². The Morgan fingerprint density at radius 2 is 1.88 bits per heavy atom. The Hall–Kier alpha value is -1.63. The van der Waals surface area contributed by atoms with Crippen molar-refractivity contribution in [2.75, 3.05) is 0 Å². The standard InChI is InChI=1S/C16H16O/c17-14-7-4-6-13(11-14)16-10-9-12-5-2-1-3-8-15(12)16/h1-3,5,8-10,13H,4,6-7,11H2. The van der Waals surface area contributed by atoms with Crippen LogP contribution >= 0.6 is 0 Å². The highest BCUT2D eigenvalue weighted by Gasteiger charge is 2.24. The van der Waals surface area contributed by atoms with E-state index in [0.29, 0.717) is 11.7 Å². The number of fused-ring (bicyclic) bond motifs is 1. The molecule has 0 radical (unpaired) electrons. The van der Waals surface area contributed by atoms with Gasteiger partial charge < -0.3 is 0 Å². The van der Waals surface area contributed by atoms with Crippen LogP contribution < -0.4 is 0 Å². The van der Waals surface area contributed by atoms with E-state index in [1.54, 1.807) is 0 Å². The fraction of sp³-hybridized carbons (Fsp3) is 0.312. The van der Waals surface area contributed by atoms with Crippen molar-refractivity contribution in [3.05, 3.63) is 48.0 Å². The van der Waals surface area contributed by atoms with Crippen LogP contribution in [0.5, 0.6) is 0 Å². The Bertz CT molecular complexity index is 515. The van der Waals surface area contributed by atoms with Gasteiger partial charge in [0.2, 0.25) is 0 Å². The third-order valence-corrected chi connectivity index (χ3v) is 3.75. The predicted molar refractivity (Wildman–Crippen MR) is 69.3 cm³/mol. The lowest BCUT2D eigenvalue weighted by Gasteiger charge is -2.21. The van der Waals surface area contributed by atoms with Crippen molar-refractivity contribution in [3.63, 3.8) is 0 Å². The molecule has 0 N–H and O–H groups in total. The maximum atomic E-state index is 11.6. The van der Waals surface area contributed by atoms with Crippen molar-refractivity contribution in [2.24, 2.45) is 0 Å². The van der Waals surface area contributed by atoms with E-state index >= 15 is 0 Å². The summed E-state index contributed by atoms with van der Waals surface area (Å²) in [6.07, 6.45) is 3.72. The van der Waals surface area contributed by atoms with Crippen molar-refractivity contribution in [2.45, 2.75) is 31.6 Å². The predicted octanol–water partition coefficient (Wildman–Crippen LogP) is 4.02. The molecule has 1 atom stereocenters. The number of rotatable bonds is 1. The first-order valence-electron chi connectivity index (χ1n) is 6.34. The van der Waals surface area contributed by atoms with Crippen molar-refractivity contribution >= 4 is 5.78 Å². The van der Waals surface area contributed by atoms with Crippen LogP contribution in [0, 0.1) is 0 Å². The minimum atomic E-state index is 0.427. The lowest BCUT2D eigenvalue weighted by Crippen LogP contribution is -2.13. The van der Waals surface area contributed by atoms with Crippen LogP contribution in [0.25, 0.3) is 11.1 Å². The largest absolute Gasteiger partial charge is 0.300 e. The van der Waals surface area contributed by atoms with Crippen LogP contribution in [0.1, 0.15) is 37.2 Å². The Labute approximate surface area is 102 Å². The summed E-state index contributed by atoms with van der Waals surface area (Å²) in [5.41, 5.74) is 3.96. The molecule has 3 rings (SSSR count). The molecule has 17 heavy (non-hydrogen) atoms. The van der Waals surface area contributed by atoms with Gasteiger partial charge in [-0.1, -0.05) is 42.5 Å². The van der Waals surface area contributed by atoms with Gasteiger partial charge >= 0.3 is 0 Å². The number of Topliss-reactive ketones (excluding diaryl/α,β-unsaturated/α-hetero) is 1. The minimum absolute atomic E-state index is 0.427. The highest BCUT2D eigenvalue weighted by molar-refractivity contribution is 5.81. The zero-order chi connectivity index (χ0) is 11.7. The second kappa shape index (κ2) is 4.33. The second-order valence-corrected chi connectivity index (χ2v) is 4.90. The maximum absolute atomic E-state index is 11.6. The molecule has 3 aliphatic rings. The molecule has 1 fully saturated rings. The molecule has 0 saturated heterocycles. The highest BCUT2D eigenvalue weighted by atomic mass is 16.1. The van der Waals surface area contributed by atoms with E-state index < -0.39 is 0 Å². The summed E-state index contributed by atoms with van der Waals surface area (Å²) >= 11 is 0. The average Bonchev–Trinajstić information content (AvgIpc) is 2.59. The topological polar surface area (TPSA) is 17.1 Å². The highest BCUT2D eigenvalue weighted by Crippen LogP contribution is 2.38. The number of carbonyl (C=O) groups is 1. The molecule has 1 nitrogen and oxygen atoms in total. The molecule has 0 aromatic heterocycles. The van der Waals surface area contributed by atoms with Crippen LogP contribution in [0.4, 0.5) is 0 Å². The smallest absolute Gasteiger partial charge is 0.133 e. The van der Waals surface area contributed by atoms with Gasteiger partial charge in [-0.15, -0.1) is 0 Å². The van der Waals surface area contributed by atoms with Gasteiger partial charge in [0, 0.05) is 12.8 Å².